The van der Waals surface area contributed by atoms with E-state index < -0.39 is 6.36 Å². The van der Waals surface area contributed by atoms with E-state index in [0.29, 0.717) is 5.56 Å². The third kappa shape index (κ3) is 5.79. The van der Waals surface area contributed by atoms with E-state index in [0.717, 1.165) is 6.42 Å². The van der Waals surface area contributed by atoms with Gasteiger partial charge in [-0.25, -0.2) is 0 Å². The number of halogens is 3. The normalized spacial score (nSPS) is 11.8. The van der Waals surface area contributed by atoms with Crippen molar-refractivity contribution in [2.45, 2.75) is 26.3 Å². The topological polar surface area (TPSA) is 30.8 Å². The number of benzene rings is 1. The molecule has 6 heteroatoms. The maximum absolute atomic E-state index is 11.9. The van der Waals surface area contributed by atoms with Crippen LogP contribution >= 0.6 is 0 Å². The standard InChI is InChI=1S/C11H12F3NO2/c1-2-7-15-16-8-9-3-5-10(6-4-9)17-11(12,13)14/h3-7H,2,8H2,1H3. The smallest absolute Gasteiger partial charge is 0.406 e. The van der Waals surface area contributed by atoms with E-state index in [1.165, 1.54) is 24.3 Å². The Labute approximate surface area is 96.8 Å². The first-order valence-electron chi connectivity index (χ1n) is 4.99. The first-order chi connectivity index (χ1) is 8.01. The molecule has 0 heterocycles. The molecule has 1 aromatic rings. The third-order valence-electron chi connectivity index (χ3n) is 1.72. The van der Waals surface area contributed by atoms with Gasteiger partial charge in [0.05, 0.1) is 0 Å². The molecule has 0 saturated carbocycles. The van der Waals surface area contributed by atoms with Gasteiger partial charge < -0.3 is 9.57 Å². The molecule has 0 saturated heterocycles. The zero-order valence-electron chi connectivity index (χ0n) is 9.20. The molecule has 0 aliphatic rings. The van der Waals surface area contributed by atoms with Gasteiger partial charge in [-0.05, 0) is 24.1 Å². The minimum atomic E-state index is -4.66. The number of ether oxygens (including phenoxy) is 1. The lowest BCUT2D eigenvalue weighted by Crippen LogP contribution is -2.17. The predicted octanol–water partition coefficient (Wildman–Crippen LogP) is 3.50. The van der Waals surface area contributed by atoms with Crippen LogP contribution in [0.3, 0.4) is 0 Å². The fourth-order valence-electron chi connectivity index (χ4n) is 1.03. The number of hydrogen-bond donors (Lipinski definition) is 0. The lowest BCUT2D eigenvalue weighted by molar-refractivity contribution is -0.274. The van der Waals surface area contributed by atoms with Gasteiger partial charge in [-0.1, -0.05) is 24.2 Å². The van der Waals surface area contributed by atoms with Gasteiger partial charge in [0.2, 0.25) is 0 Å². The van der Waals surface area contributed by atoms with Gasteiger partial charge in [-0.15, -0.1) is 13.2 Å². The SMILES string of the molecule is CCC=NOCc1ccc(OC(F)(F)F)cc1. The van der Waals surface area contributed by atoms with Crippen molar-refractivity contribution in [2.24, 2.45) is 5.16 Å². The number of hydrogen-bond acceptors (Lipinski definition) is 3. The summed E-state index contributed by atoms with van der Waals surface area (Å²) in [5.74, 6) is -0.252. The van der Waals surface area contributed by atoms with Crippen molar-refractivity contribution >= 4 is 6.21 Å². The second-order valence-corrected chi connectivity index (χ2v) is 3.16. The molecule has 0 spiro atoms. The van der Waals surface area contributed by atoms with Crippen LogP contribution < -0.4 is 4.74 Å². The van der Waals surface area contributed by atoms with Crippen molar-refractivity contribution in [3.63, 3.8) is 0 Å². The van der Waals surface area contributed by atoms with Crippen LogP contribution in [-0.2, 0) is 11.4 Å². The zero-order valence-corrected chi connectivity index (χ0v) is 9.20. The van der Waals surface area contributed by atoms with Gasteiger partial charge in [-0.2, -0.15) is 0 Å². The molecule has 0 fully saturated rings. The Morgan fingerprint density at radius 3 is 2.41 bits per heavy atom. The highest BCUT2D eigenvalue weighted by molar-refractivity contribution is 5.55. The molecule has 0 N–H and O–H groups in total. The monoisotopic (exact) mass is 247 g/mol. The Hall–Kier alpha value is -1.72. The molecule has 0 unspecified atom stereocenters. The summed E-state index contributed by atoms with van der Waals surface area (Å²) in [7, 11) is 0. The fraction of sp³-hybridized carbons (Fsp3) is 0.364. The summed E-state index contributed by atoms with van der Waals surface area (Å²) >= 11 is 0. The summed E-state index contributed by atoms with van der Waals surface area (Å²) in [4.78, 5) is 4.91. The molecule has 1 aromatic carbocycles. The van der Waals surface area contributed by atoms with E-state index in [1.54, 1.807) is 6.21 Å². The van der Waals surface area contributed by atoms with Crippen molar-refractivity contribution in [3.05, 3.63) is 29.8 Å². The van der Waals surface area contributed by atoms with Crippen molar-refractivity contribution < 1.29 is 22.7 Å². The van der Waals surface area contributed by atoms with Crippen LogP contribution in [0.15, 0.2) is 29.4 Å². The Balaban J connectivity index is 2.47. The van der Waals surface area contributed by atoms with Crippen LogP contribution in [0.4, 0.5) is 13.2 Å². The zero-order chi connectivity index (χ0) is 12.7. The van der Waals surface area contributed by atoms with Crippen LogP contribution in [0, 0.1) is 0 Å². The highest BCUT2D eigenvalue weighted by Crippen LogP contribution is 2.22. The van der Waals surface area contributed by atoms with Crippen LogP contribution in [-0.4, -0.2) is 12.6 Å². The Morgan fingerprint density at radius 1 is 1.24 bits per heavy atom. The van der Waals surface area contributed by atoms with Crippen LogP contribution in [0.1, 0.15) is 18.9 Å². The molecule has 17 heavy (non-hydrogen) atoms. The van der Waals surface area contributed by atoms with Crippen molar-refractivity contribution in [1.29, 1.82) is 0 Å². The van der Waals surface area contributed by atoms with Crippen molar-refractivity contribution in [1.82, 2.24) is 0 Å². The van der Waals surface area contributed by atoms with Gasteiger partial charge >= 0.3 is 6.36 Å². The van der Waals surface area contributed by atoms with E-state index in [9.17, 15) is 13.2 Å². The average molecular weight is 247 g/mol. The molecule has 94 valence electrons. The first-order valence-corrected chi connectivity index (χ1v) is 4.99. The second kappa shape index (κ2) is 6.12. The minimum Gasteiger partial charge on any atom is -0.406 e. The van der Waals surface area contributed by atoms with E-state index >= 15 is 0 Å². The van der Waals surface area contributed by atoms with E-state index in [1.807, 2.05) is 6.92 Å². The fourth-order valence-corrected chi connectivity index (χ4v) is 1.03. The van der Waals surface area contributed by atoms with Crippen LogP contribution in [0.5, 0.6) is 5.75 Å². The van der Waals surface area contributed by atoms with Crippen molar-refractivity contribution in [3.8, 4) is 5.75 Å². The van der Waals surface area contributed by atoms with Gasteiger partial charge in [0.1, 0.15) is 12.4 Å². The van der Waals surface area contributed by atoms with Gasteiger partial charge in [0.25, 0.3) is 0 Å². The lowest BCUT2D eigenvalue weighted by Gasteiger charge is -2.08. The summed E-state index contributed by atoms with van der Waals surface area (Å²) in [5.41, 5.74) is 0.716. The molecule has 0 bridgehead atoms. The molecular formula is C11H12F3NO2. The summed E-state index contributed by atoms with van der Waals surface area (Å²) < 4.78 is 39.3. The number of alkyl halides is 3. The van der Waals surface area contributed by atoms with Gasteiger partial charge in [-0.3, -0.25) is 0 Å². The quantitative estimate of drug-likeness (QED) is 0.589. The molecular weight excluding hydrogens is 235 g/mol. The molecule has 0 amide bonds. The summed E-state index contributed by atoms with van der Waals surface area (Å²) in [5, 5.41) is 3.63. The van der Waals surface area contributed by atoms with E-state index in [-0.39, 0.29) is 12.4 Å². The van der Waals surface area contributed by atoms with Gasteiger partial charge in [0, 0.05) is 6.21 Å². The molecule has 0 aliphatic heterocycles. The van der Waals surface area contributed by atoms with E-state index in [4.69, 9.17) is 4.84 Å². The molecule has 1 rings (SSSR count). The number of nitrogens with zero attached hydrogens (tertiary/aromatic N) is 1. The summed E-state index contributed by atoms with van der Waals surface area (Å²) in [6, 6.07) is 5.44. The second-order valence-electron chi connectivity index (χ2n) is 3.16. The average Bonchev–Trinajstić information content (AvgIpc) is 2.25. The summed E-state index contributed by atoms with van der Waals surface area (Å²) in [6.45, 7) is 2.12. The molecule has 0 atom stereocenters. The lowest BCUT2D eigenvalue weighted by atomic mass is 10.2. The Kier molecular flexibility index (Phi) is 4.81. The predicted molar refractivity (Wildman–Crippen MR) is 56.7 cm³/mol. The maximum atomic E-state index is 11.9. The van der Waals surface area contributed by atoms with E-state index in [2.05, 4.69) is 9.89 Å². The minimum absolute atomic E-state index is 0.211. The van der Waals surface area contributed by atoms with Crippen molar-refractivity contribution in [2.75, 3.05) is 0 Å². The largest absolute Gasteiger partial charge is 0.573 e. The highest BCUT2D eigenvalue weighted by atomic mass is 19.4. The number of oxime groups is 1. The molecule has 3 nitrogen and oxygen atoms in total. The van der Waals surface area contributed by atoms with Crippen LogP contribution in [0.25, 0.3) is 0 Å². The molecule has 0 radical (unpaired) electrons. The molecule has 0 aromatic heterocycles. The van der Waals surface area contributed by atoms with Crippen LogP contribution in [0.2, 0.25) is 0 Å². The molecule has 0 aliphatic carbocycles. The summed E-state index contributed by atoms with van der Waals surface area (Å²) in [6.07, 6.45) is -2.30. The maximum Gasteiger partial charge on any atom is 0.573 e. The third-order valence-corrected chi connectivity index (χ3v) is 1.72. The van der Waals surface area contributed by atoms with Gasteiger partial charge in [0.15, 0.2) is 0 Å². The Morgan fingerprint density at radius 2 is 1.88 bits per heavy atom. The number of rotatable bonds is 5. The Bertz CT molecular complexity index is 360. The first kappa shape index (κ1) is 13.3. The highest BCUT2D eigenvalue weighted by Gasteiger charge is 2.30.